The summed E-state index contributed by atoms with van der Waals surface area (Å²) < 4.78 is 0.969. The van der Waals surface area contributed by atoms with E-state index in [9.17, 15) is 4.79 Å². The van der Waals surface area contributed by atoms with E-state index in [1.54, 1.807) is 0 Å². The van der Waals surface area contributed by atoms with E-state index in [4.69, 9.17) is 5.11 Å². The highest BCUT2D eigenvalue weighted by Crippen LogP contribution is 2.26. The van der Waals surface area contributed by atoms with E-state index < -0.39 is 5.97 Å². The number of nitrogens with zero attached hydrogens (tertiary/aromatic N) is 2. The Kier molecular flexibility index (Phi) is 5.06. The second-order valence-electron chi connectivity index (χ2n) is 4.21. The summed E-state index contributed by atoms with van der Waals surface area (Å²) >= 11 is 3.48. The maximum Gasteiger partial charge on any atom is 0.303 e. The highest BCUT2D eigenvalue weighted by molar-refractivity contribution is 9.10. The van der Waals surface area contributed by atoms with E-state index in [0.717, 1.165) is 15.7 Å². The summed E-state index contributed by atoms with van der Waals surface area (Å²) in [4.78, 5) is 10.4. The van der Waals surface area contributed by atoms with Crippen molar-refractivity contribution in [2.24, 2.45) is 0 Å². The van der Waals surface area contributed by atoms with Gasteiger partial charge in [-0.05, 0) is 24.6 Å². The molecule has 0 aliphatic carbocycles. The van der Waals surface area contributed by atoms with Crippen molar-refractivity contribution in [3.63, 3.8) is 0 Å². The quantitative estimate of drug-likeness (QED) is 0.793. The molecule has 2 aromatic rings. The number of halogens is 1. The number of benzene rings is 1. The molecule has 1 aromatic heterocycles. The van der Waals surface area contributed by atoms with Crippen molar-refractivity contribution in [3.05, 3.63) is 40.9 Å². The standard InChI is InChI=1S/C14H14BrN3O2/c15-11-5-2-1-4-10(11)12-7-8-13(18-17-12)16-9-3-6-14(19)20/h1-2,4-5,7-8H,3,6,9H2,(H,16,18)(H,19,20). The molecule has 2 rings (SSSR count). The number of aliphatic carboxylic acids is 1. The van der Waals surface area contributed by atoms with Crippen LogP contribution in [0.4, 0.5) is 5.82 Å². The van der Waals surface area contributed by atoms with Gasteiger partial charge < -0.3 is 10.4 Å². The first-order chi connectivity index (χ1) is 9.66. The third-order valence-corrected chi connectivity index (χ3v) is 3.38. The molecule has 0 saturated heterocycles. The first-order valence-electron chi connectivity index (χ1n) is 6.21. The van der Waals surface area contributed by atoms with Crippen LogP contribution >= 0.6 is 15.9 Å². The molecule has 0 fully saturated rings. The molecule has 0 unspecified atom stereocenters. The summed E-state index contributed by atoms with van der Waals surface area (Å²) in [7, 11) is 0. The zero-order valence-corrected chi connectivity index (χ0v) is 12.3. The predicted octanol–water partition coefficient (Wildman–Crippen LogP) is 3.18. The van der Waals surface area contributed by atoms with Crippen LogP contribution in [-0.2, 0) is 4.79 Å². The van der Waals surface area contributed by atoms with E-state index in [0.29, 0.717) is 18.8 Å². The summed E-state index contributed by atoms with van der Waals surface area (Å²) in [5.74, 6) is -0.145. The average molecular weight is 336 g/mol. The Bertz CT molecular complexity index is 587. The number of carboxylic acids is 1. The zero-order chi connectivity index (χ0) is 14.4. The second kappa shape index (κ2) is 7.00. The fourth-order valence-electron chi connectivity index (χ4n) is 1.70. The van der Waals surface area contributed by atoms with Crippen molar-refractivity contribution >= 4 is 27.7 Å². The molecular weight excluding hydrogens is 322 g/mol. The molecule has 2 N–H and O–H groups in total. The van der Waals surface area contributed by atoms with Crippen LogP contribution < -0.4 is 5.32 Å². The van der Waals surface area contributed by atoms with Crippen molar-refractivity contribution in [2.75, 3.05) is 11.9 Å². The minimum atomic E-state index is -0.790. The van der Waals surface area contributed by atoms with Crippen LogP contribution in [0.1, 0.15) is 12.8 Å². The number of aromatic nitrogens is 2. The average Bonchev–Trinajstić information content (AvgIpc) is 2.45. The lowest BCUT2D eigenvalue weighted by Crippen LogP contribution is -2.06. The van der Waals surface area contributed by atoms with Crippen LogP contribution in [0.15, 0.2) is 40.9 Å². The predicted molar refractivity (Wildman–Crippen MR) is 80.5 cm³/mol. The number of carbonyl (C=O) groups is 1. The lowest BCUT2D eigenvalue weighted by molar-refractivity contribution is -0.137. The molecule has 20 heavy (non-hydrogen) atoms. The molecule has 0 radical (unpaired) electrons. The summed E-state index contributed by atoms with van der Waals surface area (Å²) in [6.45, 7) is 0.565. The van der Waals surface area contributed by atoms with Crippen molar-refractivity contribution in [1.29, 1.82) is 0 Å². The number of anilines is 1. The summed E-state index contributed by atoms with van der Waals surface area (Å²) in [5.41, 5.74) is 1.77. The second-order valence-corrected chi connectivity index (χ2v) is 5.06. The van der Waals surface area contributed by atoms with Crippen LogP contribution in [0.25, 0.3) is 11.3 Å². The molecule has 0 saturated carbocycles. The van der Waals surface area contributed by atoms with Gasteiger partial charge in [-0.3, -0.25) is 4.79 Å². The fourth-order valence-corrected chi connectivity index (χ4v) is 2.18. The number of carboxylic acid groups (broad SMARTS) is 1. The Morgan fingerprint density at radius 1 is 1.20 bits per heavy atom. The summed E-state index contributed by atoms with van der Waals surface area (Å²) in [6.07, 6.45) is 0.707. The zero-order valence-electron chi connectivity index (χ0n) is 10.7. The van der Waals surface area contributed by atoms with E-state index in [-0.39, 0.29) is 6.42 Å². The first-order valence-corrected chi connectivity index (χ1v) is 7.00. The van der Waals surface area contributed by atoms with Gasteiger partial charge in [-0.25, -0.2) is 0 Å². The number of rotatable bonds is 6. The van der Waals surface area contributed by atoms with E-state index in [1.165, 1.54) is 0 Å². The normalized spacial score (nSPS) is 10.2. The lowest BCUT2D eigenvalue weighted by Gasteiger charge is -2.06. The van der Waals surface area contributed by atoms with Gasteiger partial charge in [0.15, 0.2) is 0 Å². The topological polar surface area (TPSA) is 75.1 Å². The van der Waals surface area contributed by atoms with Gasteiger partial charge in [0.2, 0.25) is 0 Å². The molecule has 104 valence electrons. The maximum absolute atomic E-state index is 10.4. The van der Waals surface area contributed by atoms with Gasteiger partial charge in [-0.2, -0.15) is 0 Å². The number of nitrogens with one attached hydrogen (secondary N) is 1. The summed E-state index contributed by atoms with van der Waals surface area (Å²) in [6, 6.07) is 11.5. The van der Waals surface area contributed by atoms with Crippen molar-refractivity contribution in [2.45, 2.75) is 12.8 Å². The summed E-state index contributed by atoms with van der Waals surface area (Å²) in [5, 5.41) is 19.8. The Hall–Kier alpha value is -1.95. The van der Waals surface area contributed by atoms with Gasteiger partial charge in [0.25, 0.3) is 0 Å². The van der Waals surface area contributed by atoms with Crippen molar-refractivity contribution in [1.82, 2.24) is 10.2 Å². The molecule has 1 aromatic carbocycles. The smallest absolute Gasteiger partial charge is 0.303 e. The maximum atomic E-state index is 10.4. The molecule has 6 heteroatoms. The first kappa shape index (κ1) is 14.5. The van der Waals surface area contributed by atoms with Crippen molar-refractivity contribution in [3.8, 4) is 11.3 Å². The Morgan fingerprint density at radius 3 is 2.65 bits per heavy atom. The van der Waals surface area contributed by atoms with E-state index in [1.807, 2.05) is 36.4 Å². The number of hydrogen-bond acceptors (Lipinski definition) is 4. The lowest BCUT2D eigenvalue weighted by atomic mass is 10.1. The van der Waals surface area contributed by atoms with Gasteiger partial charge in [-0.1, -0.05) is 34.1 Å². The highest BCUT2D eigenvalue weighted by Gasteiger charge is 2.04. The van der Waals surface area contributed by atoms with Crippen LogP contribution in [0.5, 0.6) is 0 Å². The highest BCUT2D eigenvalue weighted by atomic mass is 79.9. The molecular formula is C14H14BrN3O2. The third kappa shape index (κ3) is 4.03. The van der Waals surface area contributed by atoms with Crippen LogP contribution in [0, 0.1) is 0 Å². The molecule has 0 aliphatic heterocycles. The van der Waals surface area contributed by atoms with Gasteiger partial charge >= 0.3 is 5.97 Å². The number of hydrogen-bond donors (Lipinski definition) is 2. The molecule has 0 aliphatic rings. The van der Waals surface area contributed by atoms with Crippen molar-refractivity contribution < 1.29 is 9.90 Å². The molecule has 5 nitrogen and oxygen atoms in total. The van der Waals surface area contributed by atoms with Crippen LogP contribution in [0.2, 0.25) is 0 Å². The molecule has 0 atom stereocenters. The van der Waals surface area contributed by atoms with Gasteiger partial charge in [0, 0.05) is 23.0 Å². The minimum absolute atomic E-state index is 0.148. The van der Waals surface area contributed by atoms with Crippen LogP contribution in [-0.4, -0.2) is 27.8 Å². The van der Waals surface area contributed by atoms with Gasteiger partial charge in [0.05, 0.1) is 5.69 Å². The van der Waals surface area contributed by atoms with Gasteiger partial charge in [-0.15, -0.1) is 10.2 Å². The van der Waals surface area contributed by atoms with E-state index >= 15 is 0 Å². The van der Waals surface area contributed by atoms with Gasteiger partial charge in [0.1, 0.15) is 5.82 Å². The third-order valence-electron chi connectivity index (χ3n) is 2.69. The molecule has 0 amide bonds. The Labute approximate surface area is 125 Å². The largest absolute Gasteiger partial charge is 0.481 e. The Morgan fingerprint density at radius 2 is 2.00 bits per heavy atom. The molecule has 1 heterocycles. The Balaban J connectivity index is 1.97. The molecule has 0 spiro atoms. The molecule has 0 bridgehead atoms. The minimum Gasteiger partial charge on any atom is -0.481 e. The van der Waals surface area contributed by atoms with E-state index in [2.05, 4.69) is 31.4 Å². The van der Waals surface area contributed by atoms with Crippen LogP contribution in [0.3, 0.4) is 0 Å². The SMILES string of the molecule is O=C(O)CCCNc1ccc(-c2ccccc2Br)nn1. The monoisotopic (exact) mass is 335 g/mol. The fraction of sp³-hybridized carbons (Fsp3) is 0.214.